The summed E-state index contributed by atoms with van der Waals surface area (Å²) in [6, 6.07) is 0. The van der Waals surface area contributed by atoms with Gasteiger partial charge in [-0.25, -0.2) is 0 Å². The van der Waals surface area contributed by atoms with Crippen molar-refractivity contribution in [1.82, 2.24) is 5.32 Å². The molecule has 0 amide bonds. The number of nitrogens with one attached hydrogen (secondary N) is 1. The molecule has 0 bridgehead atoms. The minimum Gasteiger partial charge on any atom is -0.481 e. The van der Waals surface area contributed by atoms with Crippen molar-refractivity contribution in [2.45, 2.75) is 25.0 Å². The first-order chi connectivity index (χ1) is 6.04. The highest BCUT2D eigenvalue weighted by molar-refractivity contribution is 7.84. The average molecular weight is 207 g/mol. The molecule has 5 heteroatoms. The van der Waals surface area contributed by atoms with Crippen LogP contribution in [0, 0.1) is 0 Å². The van der Waals surface area contributed by atoms with Crippen molar-refractivity contribution < 1.29 is 14.1 Å². The van der Waals surface area contributed by atoms with Gasteiger partial charge in [0, 0.05) is 35.3 Å². The maximum Gasteiger partial charge on any atom is 0.303 e. The average Bonchev–Trinajstić information content (AvgIpc) is 2.02. The fourth-order valence-corrected chi connectivity index (χ4v) is 1.14. The third-order valence-corrected chi connectivity index (χ3v) is 3.04. The number of carboxylic acids is 1. The second-order valence-corrected chi connectivity index (χ2v) is 4.81. The third kappa shape index (κ3) is 7.93. The molecule has 0 rings (SSSR count). The third-order valence-electron chi connectivity index (χ3n) is 1.74. The Labute approximate surface area is 81.2 Å². The molecule has 4 nitrogen and oxygen atoms in total. The van der Waals surface area contributed by atoms with Gasteiger partial charge < -0.3 is 10.4 Å². The van der Waals surface area contributed by atoms with Gasteiger partial charge in [0.2, 0.25) is 0 Å². The van der Waals surface area contributed by atoms with Crippen LogP contribution in [0.5, 0.6) is 0 Å². The van der Waals surface area contributed by atoms with Crippen molar-refractivity contribution in [1.29, 1.82) is 0 Å². The van der Waals surface area contributed by atoms with Gasteiger partial charge in [0.1, 0.15) is 0 Å². The Hall–Kier alpha value is -0.420. The zero-order valence-electron chi connectivity index (χ0n) is 8.08. The normalized spacial score (nSPS) is 15.2. The van der Waals surface area contributed by atoms with E-state index >= 15 is 0 Å². The number of carboxylic acid groups (broad SMARTS) is 1. The molecule has 2 atom stereocenters. The Balaban J connectivity index is 3.26. The number of hydrogen-bond acceptors (Lipinski definition) is 3. The molecule has 0 saturated carbocycles. The van der Waals surface area contributed by atoms with E-state index in [-0.39, 0.29) is 11.7 Å². The highest BCUT2D eigenvalue weighted by atomic mass is 32.2. The first-order valence-corrected chi connectivity index (χ1v) is 5.91. The van der Waals surface area contributed by atoms with E-state index < -0.39 is 16.8 Å². The summed E-state index contributed by atoms with van der Waals surface area (Å²) >= 11 is 0. The van der Waals surface area contributed by atoms with Gasteiger partial charge >= 0.3 is 5.97 Å². The largest absolute Gasteiger partial charge is 0.481 e. The lowest BCUT2D eigenvalue weighted by molar-refractivity contribution is -0.137. The molecule has 13 heavy (non-hydrogen) atoms. The minimum absolute atomic E-state index is 0.129. The van der Waals surface area contributed by atoms with E-state index in [9.17, 15) is 9.00 Å². The molecule has 2 unspecified atom stereocenters. The van der Waals surface area contributed by atoms with Crippen LogP contribution in [0.15, 0.2) is 0 Å². The molecule has 0 radical (unpaired) electrons. The van der Waals surface area contributed by atoms with Crippen LogP contribution in [-0.2, 0) is 15.6 Å². The molecule has 0 aromatic rings. The predicted octanol–water partition coefficient (Wildman–Crippen LogP) is 0.208. The summed E-state index contributed by atoms with van der Waals surface area (Å²) < 4.78 is 10.9. The molecule has 0 heterocycles. The Kier molecular flexibility index (Phi) is 6.80. The van der Waals surface area contributed by atoms with Crippen molar-refractivity contribution >= 4 is 16.8 Å². The predicted molar refractivity (Wildman–Crippen MR) is 53.3 cm³/mol. The standard InChI is InChI=1S/C8H17NO3S/c1-7(13(2)12)6-9-5-3-4-8(10)11/h7,9H,3-6H2,1-2H3,(H,10,11). The van der Waals surface area contributed by atoms with E-state index in [1.807, 2.05) is 6.92 Å². The summed E-state index contributed by atoms with van der Waals surface area (Å²) in [7, 11) is -0.803. The molecule has 0 fully saturated rings. The second-order valence-electron chi connectivity index (χ2n) is 3.01. The van der Waals surface area contributed by atoms with E-state index in [0.29, 0.717) is 19.5 Å². The van der Waals surface area contributed by atoms with Crippen molar-refractivity contribution in [2.24, 2.45) is 0 Å². The van der Waals surface area contributed by atoms with Crippen LogP contribution in [0.1, 0.15) is 19.8 Å². The molecule has 0 spiro atoms. The zero-order valence-corrected chi connectivity index (χ0v) is 8.89. The van der Waals surface area contributed by atoms with Crippen LogP contribution in [0.3, 0.4) is 0 Å². The Morgan fingerprint density at radius 2 is 2.23 bits per heavy atom. The van der Waals surface area contributed by atoms with Crippen LogP contribution >= 0.6 is 0 Å². The van der Waals surface area contributed by atoms with E-state index in [1.54, 1.807) is 6.26 Å². The molecule has 0 saturated heterocycles. The topological polar surface area (TPSA) is 66.4 Å². The lowest BCUT2D eigenvalue weighted by atomic mass is 10.3. The van der Waals surface area contributed by atoms with Gasteiger partial charge in [-0.3, -0.25) is 9.00 Å². The fourth-order valence-electron chi connectivity index (χ4n) is 0.787. The summed E-state index contributed by atoms with van der Waals surface area (Å²) in [4.78, 5) is 10.1. The van der Waals surface area contributed by atoms with Crippen LogP contribution < -0.4 is 5.32 Å². The van der Waals surface area contributed by atoms with Gasteiger partial charge in [0.05, 0.1) is 0 Å². The van der Waals surface area contributed by atoms with Gasteiger partial charge in [0.15, 0.2) is 0 Å². The fraction of sp³-hybridized carbons (Fsp3) is 0.875. The van der Waals surface area contributed by atoms with Crippen molar-refractivity contribution in [3.05, 3.63) is 0 Å². The monoisotopic (exact) mass is 207 g/mol. The maximum absolute atomic E-state index is 10.9. The molecule has 0 aliphatic carbocycles. The Bertz CT molecular complexity index is 184. The molecule has 0 aliphatic rings. The number of aliphatic carboxylic acids is 1. The molecular formula is C8H17NO3S. The number of rotatable bonds is 7. The minimum atomic E-state index is -0.803. The Morgan fingerprint density at radius 1 is 1.62 bits per heavy atom. The van der Waals surface area contributed by atoms with Crippen LogP contribution in [0.2, 0.25) is 0 Å². The van der Waals surface area contributed by atoms with Crippen molar-refractivity contribution in [3.63, 3.8) is 0 Å². The summed E-state index contributed by atoms with van der Waals surface area (Å²) in [6.07, 6.45) is 2.48. The summed E-state index contributed by atoms with van der Waals surface area (Å²) in [5.41, 5.74) is 0. The lowest BCUT2D eigenvalue weighted by Gasteiger charge is -2.08. The van der Waals surface area contributed by atoms with Crippen LogP contribution in [-0.4, -0.2) is 39.9 Å². The lowest BCUT2D eigenvalue weighted by Crippen LogP contribution is -2.28. The van der Waals surface area contributed by atoms with Gasteiger partial charge in [0.25, 0.3) is 0 Å². The molecule has 2 N–H and O–H groups in total. The SMILES string of the molecule is CC(CNCCCC(=O)O)S(C)=O. The summed E-state index contributed by atoms with van der Waals surface area (Å²) in [5, 5.41) is 11.5. The van der Waals surface area contributed by atoms with Crippen LogP contribution in [0.25, 0.3) is 0 Å². The van der Waals surface area contributed by atoms with E-state index in [0.717, 1.165) is 0 Å². The molecule has 78 valence electrons. The van der Waals surface area contributed by atoms with Crippen molar-refractivity contribution in [3.8, 4) is 0 Å². The maximum atomic E-state index is 10.9. The molecule has 0 aromatic heterocycles. The molecular weight excluding hydrogens is 190 g/mol. The van der Waals surface area contributed by atoms with Crippen molar-refractivity contribution in [2.75, 3.05) is 19.3 Å². The van der Waals surface area contributed by atoms with Gasteiger partial charge in [-0.1, -0.05) is 0 Å². The first kappa shape index (κ1) is 12.6. The first-order valence-electron chi connectivity index (χ1n) is 4.28. The molecule has 0 aromatic carbocycles. The Morgan fingerprint density at radius 3 is 2.69 bits per heavy atom. The smallest absolute Gasteiger partial charge is 0.303 e. The summed E-state index contributed by atoms with van der Waals surface area (Å²) in [5.74, 6) is -0.770. The quantitative estimate of drug-likeness (QED) is 0.586. The number of hydrogen-bond donors (Lipinski definition) is 2. The molecule has 0 aliphatic heterocycles. The summed E-state index contributed by atoms with van der Waals surface area (Å²) in [6.45, 7) is 3.26. The zero-order chi connectivity index (χ0) is 10.3. The number of carbonyl (C=O) groups is 1. The highest BCUT2D eigenvalue weighted by Gasteiger charge is 2.04. The van der Waals surface area contributed by atoms with Gasteiger partial charge in [-0.2, -0.15) is 0 Å². The highest BCUT2D eigenvalue weighted by Crippen LogP contribution is 1.91. The van der Waals surface area contributed by atoms with E-state index in [1.165, 1.54) is 0 Å². The van der Waals surface area contributed by atoms with Crippen LogP contribution in [0.4, 0.5) is 0 Å². The van der Waals surface area contributed by atoms with E-state index in [4.69, 9.17) is 5.11 Å². The van der Waals surface area contributed by atoms with Gasteiger partial charge in [-0.05, 0) is 19.9 Å². The van der Waals surface area contributed by atoms with Gasteiger partial charge in [-0.15, -0.1) is 0 Å². The van der Waals surface area contributed by atoms with E-state index in [2.05, 4.69) is 5.32 Å². The second kappa shape index (κ2) is 7.03.